The van der Waals surface area contributed by atoms with Crippen molar-refractivity contribution in [3.05, 3.63) is 34.1 Å². The smallest absolute Gasteiger partial charge is 0.137 e. The molecular formula is C12H15BrFNO. The van der Waals surface area contributed by atoms with Crippen molar-refractivity contribution < 1.29 is 9.13 Å². The zero-order valence-corrected chi connectivity index (χ0v) is 10.5. The molecule has 88 valence electrons. The average molecular weight is 288 g/mol. The van der Waals surface area contributed by atoms with Crippen LogP contribution in [0.15, 0.2) is 22.7 Å². The SMILES string of the molecule is NC(c1ccc(F)c(Br)c1)C1CCOCC1. The Bertz CT molecular complexity index is 366. The molecule has 2 N–H and O–H groups in total. The first-order valence-corrected chi connectivity index (χ1v) is 6.26. The molecule has 1 aromatic carbocycles. The van der Waals surface area contributed by atoms with Crippen LogP contribution in [0.2, 0.25) is 0 Å². The van der Waals surface area contributed by atoms with Crippen molar-refractivity contribution in [2.24, 2.45) is 11.7 Å². The van der Waals surface area contributed by atoms with Crippen LogP contribution >= 0.6 is 15.9 Å². The molecule has 1 aliphatic heterocycles. The lowest BCUT2D eigenvalue weighted by molar-refractivity contribution is 0.0583. The number of nitrogens with two attached hydrogens (primary N) is 1. The fourth-order valence-corrected chi connectivity index (χ4v) is 2.46. The molecule has 1 fully saturated rings. The van der Waals surface area contributed by atoms with Gasteiger partial charge in [-0.15, -0.1) is 0 Å². The van der Waals surface area contributed by atoms with E-state index in [4.69, 9.17) is 10.5 Å². The highest BCUT2D eigenvalue weighted by molar-refractivity contribution is 9.10. The molecule has 0 amide bonds. The molecule has 1 saturated heterocycles. The Kier molecular flexibility index (Phi) is 3.95. The highest BCUT2D eigenvalue weighted by Gasteiger charge is 2.22. The standard InChI is InChI=1S/C12H15BrFNO/c13-10-7-9(1-2-11(10)14)12(15)8-3-5-16-6-4-8/h1-2,7-8,12H,3-6,15H2. The second-order valence-corrected chi connectivity index (χ2v) is 5.00. The van der Waals surface area contributed by atoms with Crippen LogP contribution in [0.1, 0.15) is 24.4 Å². The maximum atomic E-state index is 13.1. The highest BCUT2D eigenvalue weighted by atomic mass is 79.9. The predicted molar refractivity (Wildman–Crippen MR) is 64.6 cm³/mol. The van der Waals surface area contributed by atoms with Crippen LogP contribution < -0.4 is 5.73 Å². The normalized spacial score (nSPS) is 19.7. The molecule has 2 rings (SSSR count). The van der Waals surface area contributed by atoms with Crippen LogP contribution in [0.5, 0.6) is 0 Å². The second kappa shape index (κ2) is 5.25. The third-order valence-electron chi connectivity index (χ3n) is 3.10. The summed E-state index contributed by atoms with van der Waals surface area (Å²) < 4.78 is 18.9. The molecule has 1 unspecified atom stereocenters. The lowest BCUT2D eigenvalue weighted by atomic mass is 9.88. The maximum absolute atomic E-state index is 13.1. The summed E-state index contributed by atoms with van der Waals surface area (Å²) in [5.74, 6) is 0.189. The molecule has 2 nitrogen and oxygen atoms in total. The quantitative estimate of drug-likeness (QED) is 0.908. The van der Waals surface area contributed by atoms with E-state index in [0.29, 0.717) is 10.4 Å². The Morgan fingerprint density at radius 1 is 1.38 bits per heavy atom. The van der Waals surface area contributed by atoms with Gasteiger partial charge >= 0.3 is 0 Å². The molecule has 0 bridgehead atoms. The molecule has 0 aromatic heterocycles. The number of hydrogen-bond donors (Lipinski definition) is 1. The molecular weight excluding hydrogens is 273 g/mol. The number of benzene rings is 1. The third kappa shape index (κ3) is 2.62. The molecule has 1 aromatic rings. The van der Waals surface area contributed by atoms with Gasteiger partial charge in [0.25, 0.3) is 0 Å². The average Bonchev–Trinajstić information content (AvgIpc) is 2.33. The maximum Gasteiger partial charge on any atom is 0.137 e. The Morgan fingerprint density at radius 2 is 2.06 bits per heavy atom. The highest BCUT2D eigenvalue weighted by Crippen LogP contribution is 2.30. The van der Waals surface area contributed by atoms with Crippen molar-refractivity contribution in [2.75, 3.05) is 13.2 Å². The predicted octanol–water partition coefficient (Wildman–Crippen LogP) is 3.01. The fraction of sp³-hybridized carbons (Fsp3) is 0.500. The Morgan fingerprint density at radius 3 is 2.69 bits per heavy atom. The summed E-state index contributed by atoms with van der Waals surface area (Å²) in [6.07, 6.45) is 1.96. The van der Waals surface area contributed by atoms with Gasteiger partial charge in [-0.2, -0.15) is 0 Å². The lowest BCUT2D eigenvalue weighted by Crippen LogP contribution is -2.27. The molecule has 1 heterocycles. The van der Waals surface area contributed by atoms with Gasteiger partial charge in [-0.3, -0.25) is 0 Å². The van der Waals surface area contributed by atoms with Gasteiger partial charge in [0.1, 0.15) is 5.82 Å². The van der Waals surface area contributed by atoms with E-state index in [9.17, 15) is 4.39 Å². The summed E-state index contributed by atoms with van der Waals surface area (Å²) in [6.45, 7) is 1.56. The van der Waals surface area contributed by atoms with Crippen molar-refractivity contribution in [2.45, 2.75) is 18.9 Å². The molecule has 1 aliphatic rings. The molecule has 1 atom stereocenters. The summed E-state index contributed by atoms with van der Waals surface area (Å²) in [4.78, 5) is 0. The Balaban J connectivity index is 2.12. The first-order valence-electron chi connectivity index (χ1n) is 5.47. The van der Waals surface area contributed by atoms with Gasteiger partial charge in [0.2, 0.25) is 0 Å². The Hall–Kier alpha value is -0.450. The third-order valence-corrected chi connectivity index (χ3v) is 3.71. The van der Waals surface area contributed by atoms with Gasteiger partial charge in [0, 0.05) is 19.3 Å². The van der Waals surface area contributed by atoms with Gasteiger partial charge in [-0.05, 0) is 52.4 Å². The largest absolute Gasteiger partial charge is 0.381 e. The van der Waals surface area contributed by atoms with Crippen molar-refractivity contribution in [1.82, 2.24) is 0 Å². The second-order valence-electron chi connectivity index (χ2n) is 4.15. The molecule has 0 radical (unpaired) electrons. The van der Waals surface area contributed by atoms with Crippen molar-refractivity contribution in [1.29, 1.82) is 0 Å². The monoisotopic (exact) mass is 287 g/mol. The minimum Gasteiger partial charge on any atom is -0.381 e. The van der Waals surface area contributed by atoms with Gasteiger partial charge in [-0.1, -0.05) is 6.07 Å². The number of halogens is 2. The zero-order valence-electron chi connectivity index (χ0n) is 8.96. The Labute approximate surface area is 103 Å². The topological polar surface area (TPSA) is 35.2 Å². The van der Waals surface area contributed by atoms with Gasteiger partial charge in [-0.25, -0.2) is 4.39 Å². The van der Waals surface area contributed by atoms with Crippen LogP contribution in [-0.4, -0.2) is 13.2 Å². The first kappa shape index (κ1) is 12.0. The minimum absolute atomic E-state index is 0.0270. The number of ether oxygens (including phenoxy) is 1. The van der Waals surface area contributed by atoms with E-state index in [1.165, 1.54) is 6.07 Å². The van der Waals surface area contributed by atoms with E-state index in [1.54, 1.807) is 12.1 Å². The number of rotatable bonds is 2. The van der Waals surface area contributed by atoms with Crippen molar-refractivity contribution >= 4 is 15.9 Å². The molecule has 4 heteroatoms. The van der Waals surface area contributed by atoms with E-state index in [0.717, 1.165) is 31.6 Å². The van der Waals surface area contributed by atoms with Crippen LogP contribution in [0.4, 0.5) is 4.39 Å². The van der Waals surface area contributed by atoms with E-state index < -0.39 is 0 Å². The molecule has 0 saturated carbocycles. The molecule has 0 spiro atoms. The summed E-state index contributed by atoms with van der Waals surface area (Å²) in [5, 5.41) is 0. The van der Waals surface area contributed by atoms with E-state index in [2.05, 4.69) is 15.9 Å². The van der Waals surface area contributed by atoms with Crippen LogP contribution in [-0.2, 0) is 4.74 Å². The lowest BCUT2D eigenvalue weighted by Gasteiger charge is -2.28. The zero-order chi connectivity index (χ0) is 11.5. The van der Waals surface area contributed by atoms with Crippen LogP contribution in [0, 0.1) is 11.7 Å². The van der Waals surface area contributed by atoms with Gasteiger partial charge < -0.3 is 10.5 Å². The summed E-state index contributed by atoms with van der Waals surface area (Å²) in [5.41, 5.74) is 7.18. The van der Waals surface area contributed by atoms with E-state index >= 15 is 0 Å². The van der Waals surface area contributed by atoms with E-state index in [-0.39, 0.29) is 11.9 Å². The van der Waals surface area contributed by atoms with Gasteiger partial charge in [0.15, 0.2) is 0 Å². The van der Waals surface area contributed by atoms with Crippen LogP contribution in [0.3, 0.4) is 0 Å². The van der Waals surface area contributed by atoms with E-state index in [1.807, 2.05) is 0 Å². The first-order chi connectivity index (χ1) is 7.68. The minimum atomic E-state index is -0.247. The van der Waals surface area contributed by atoms with Gasteiger partial charge in [0.05, 0.1) is 4.47 Å². The molecule has 16 heavy (non-hydrogen) atoms. The molecule has 0 aliphatic carbocycles. The summed E-state index contributed by atoms with van der Waals surface area (Å²) >= 11 is 3.18. The summed E-state index contributed by atoms with van der Waals surface area (Å²) in [6, 6.07) is 4.97. The fourth-order valence-electron chi connectivity index (χ4n) is 2.07. The van der Waals surface area contributed by atoms with Crippen molar-refractivity contribution in [3.8, 4) is 0 Å². The number of hydrogen-bond acceptors (Lipinski definition) is 2. The van der Waals surface area contributed by atoms with Crippen molar-refractivity contribution in [3.63, 3.8) is 0 Å². The summed E-state index contributed by atoms with van der Waals surface area (Å²) in [7, 11) is 0. The van der Waals surface area contributed by atoms with Crippen LogP contribution in [0.25, 0.3) is 0 Å².